The second-order valence-corrected chi connectivity index (χ2v) is 7.17. The predicted octanol–water partition coefficient (Wildman–Crippen LogP) is 3.28. The Balaban J connectivity index is 1.57. The van der Waals surface area contributed by atoms with Gasteiger partial charge >= 0.3 is 0 Å². The molecule has 150 valence electrons. The fourth-order valence-corrected chi connectivity index (χ4v) is 3.41. The van der Waals surface area contributed by atoms with Crippen LogP contribution in [-0.4, -0.2) is 42.1 Å². The molecule has 0 spiro atoms. The van der Waals surface area contributed by atoms with Gasteiger partial charge in [0.1, 0.15) is 12.0 Å². The van der Waals surface area contributed by atoms with E-state index in [1.54, 1.807) is 29.2 Å². The third kappa shape index (κ3) is 3.81. The number of halogens is 1. The summed E-state index contributed by atoms with van der Waals surface area (Å²) in [4.78, 5) is 14.5. The van der Waals surface area contributed by atoms with Crippen molar-refractivity contribution in [3.05, 3.63) is 58.3 Å². The van der Waals surface area contributed by atoms with Crippen LogP contribution in [0.1, 0.15) is 29.1 Å². The number of aliphatic hydroxyl groups is 1. The molecule has 1 N–H and O–H groups in total. The predicted molar refractivity (Wildman–Crippen MR) is 111 cm³/mol. The first-order valence-corrected chi connectivity index (χ1v) is 9.67. The molecular formula is C20H21ClN6O2. The lowest BCUT2D eigenvalue weighted by Crippen LogP contribution is -2.03. The maximum atomic E-state index is 9.17. The van der Waals surface area contributed by atoms with Crippen LogP contribution in [0, 0.1) is 13.8 Å². The average Bonchev–Trinajstić information content (AvgIpc) is 3.24. The lowest BCUT2D eigenvalue weighted by atomic mass is 10.2. The topological polar surface area (TPSA) is 89.8 Å². The molecule has 29 heavy (non-hydrogen) atoms. The first-order chi connectivity index (χ1) is 14.1. The summed E-state index contributed by atoms with van der Waals surface area (Å²) < 4.78 is 3.77. The molecule has 0 atom stereocenters. The van der Waals surface area contributed by atoms with Crippen molar-refractivity contribution in [1.82, 2.24) is 24.1 Å². The van der Waals surface area contributed by atoms with Crippen LogP contribution >= 0.6 is 11.6 Å². The van der Waals surface area contributed by atoms with E-state index in [-0.39, 0.29) is 13.2 Å². The lowest BCUT2D eigenvalue weighted by Gasteiger charge is -2.05. The Morgan fingerprint density at radius 1 is 1.21 bits per heavy atom. The summed E-state index contributed by atoms with van der Waals surface area (Å²) in [6.07, 6.45) is 3.94. The highest BCUT2D eigenvalue weighted by Crippen LogP contribution is 2.27. The molecule has 4 aromatic rings. The molecule has 8 nitrogen and oxygen atoms in total. The molecule has 0 saturated heterocycles. The molecule has 0 aliphatic rings. The van der Waals surface area contributed by atoms with Gasteiger partial charge in [-0.15, -0.1) is 5.10 Å². The number of aromatic nitrogens is 5. The van der Waals surface area contributed by atoms with Crippen molar-refractivity contribution < 1.29 is 9.94 Å². The van der Waals surface area contributed by atoms with Crippen LogP contribution in [0.3, 0.4) is 0 Å². The number of aliphatic hydroxyl groups excluding tert-OH is 1. The van der Waals surface area contributed by atoms with Gasteiger partial charge in [-0.2, -0.15) is 0 Å². The first-order valence-electron chi connectivity index (χ1n) is 9.30. The maximum Gasteiger partial charge on any atom is 0.192 e. The molecular weight excluding hydrogens is 392 g/mol. The maximum absolute atomic E-state index is 9.17. The fraction of sp³-hybridized carbons (Fsp3) is 0.300. The molecule has 3 aromatic heterocycles. The second-order valence-electron chi connectivity index (χ2n) is 6.74. The number of rotatable bonds is 7. The molecule has 0 amide bonds. The van der Waals surface area contributed by atoms with Crippen molar-refractivity contribution in [3.8, 4) is 0 Å². The Labute approximate surface area is 172 Å². The molecule has 0 saturated carbocycles. The molecule has 0 radical (unpaired) electrons. The van der Waals surface area contributed by atoms with E-state index >= 15 is 0 Å². The Hall–Kier alpha value is -2.97. The SMILES string of the molecule is Cc1c(C)n(CCCO)c2ncn3nc(CO/N=C\c4ccc(Cl)cc4)nc3c12. The van der Waals surface area contributed by atoms with Gasteiger partial charge in [-0.1, -0.05) is 28.9 Å². The van der Waals surface area contributed by atoms with E-state index in [9.17, 15) is 0 Å². The molecule has 4 rings (SSSR count). The van der Waals surface area contributed by atoms with Crippen LogP contribution in [0.5, 0.6) is 0 Å². The van der Waals surface area contributed by atoms with Crippen molar-refractivity contribution in [2.45, 2.75) is 33.4 Å². The molecule has 9 heteroatoms. The molecule has 3 heterocycles. The lowest BCUT2D eigenvalue weighted by molar-refractivity contribution is 0.126. The Morgan fingerprint density at radius 2 is 2.00 bits per heavy atom. The summed E-state index contributed by atoms with van der Waals surface area (Å²) in [5.74, 6) is 0.521. The van der Waals surface area contributed by atoms with Crippen LogP contribution in [0.4, 0.5) is 0 Å². The number of nitrogens with zero attached hydrogens (tertiary/aromatic N) is 6. The average molecular weight is 413 g/mol. The second kappa shape index (κ2) is 8.18. The van der Waals surface area contributed by atoms with Gasteiger partial charge in [0, 0.05) is 23.9 Å². The molecule has 0 aliphatic heterocycles. The van der Waals surface area contributed by atoms with E-state index in [2.05, 4.69) is 38.6 Å². The fourth-order valence-electron chi connectivity index (χ4n) is 3.28. The number of fused-ring (bicyclic) bond motifs is 3. The minimum Gasteiger partial charge on any atom is -0.396 e. The Bertz CT molecular complexity index is 1180. The highest BCUT2D eigenvalue weighted by Gasteiger charge is 2.17. The van der Waals surface area contributed by atoms with E-state index < -0.39 is 0 Å². The van der Waals surface area contributed by atoms with E-state index in [0.717, 1.165) is 33.5 Å². The van der Waals surface area contributed by atoms with Crippen LogP contribution in [-0.2, 0) is 18.0 Å². The van der Waals surface area contributed by atoms with E-state index in [4.69, 9.17) is 21.5 Å². The van der Waals surface area contributed by atoms with Crippen molar-refractivity contribution >= 4 is 34.5 Å². The van der Waals surface area contributed by atoms with Crippen molar-refractivity contribution in [3.63, 3.8) is 0 Å². The molecule has 0 aliphatic carbocycles. The third-order valence-corrected chi connectivity index (χ3v) is 5.12. The standard InChI is InChI=1S/C20H21ClN6O2/c1-13-14(2)26(8-3-9-28)19-18(13)20-24-17(25-27(20)12-22-19)11-29-23-10-15-4-6-16(21)7-5-15/h4-7,10,12,28H,3,8-9,11H2,1-2H3/b23-10-. The minimum absolute atomic E-state index is 0.142. The highest BCUT2D eigenvalue weighted by atomic mass is 35.5. The van der Waals surface area contributed by atoms with Gasteiger partial charge in [-0.05, 0) is 43.5 Å². The van der Waals surface area contributed by atoms with Crippen molar-refractivity contribution in [2.24, 2.45) is 5.16 Å². The molecule has 1 aromatic carbocycles. The third-order valence-electron chi connectivity index (χ3n) is 4.87. The minimum atomic E-state index is 0.142. The van der Waals surface area contributed by atoms with Gasteiger partial charge in [-0.3, -0.25) is 0 Å². The van der Waals surface area contributed by atoms with Crippen molar-refractivity contribution in [1.29, 1.82) is 0 Å². The van der Waals surface area contributed by atoms with Gasteiger partial charge < -0.3 is 14.5 Å². The zero-order valence-electron chi connectivity index (χ0n) is 16.2. The smallest absolute Gasteiger partial charge is 0.192 e. The van der Waals surface area contributed by atoms with Gasteiger partial charge in [-0.25, -0.2) is 14.5 Å². The highest BCUT2D eigenvalue weighted by molar-refractivity contribution is 6.30. The van der Waals surface area contributed by atoms with Gasteiger partial charge in [0.2, 0.25) is 0 Å². The summed E-state index contributed by atoms with van der Waals surface area (Å²) in [5, 5.41) is 19.2. The Morgan fingerprint density at radius 3 is 2.76 bits per heavy atom. The van der Waals surface area contributed by atoms with Gasteiger partial charge in [0.05, 0.1) is 11.6 Å². The normalized spacial score (nSPS) is 11.9. The molecule has 0 bridgehead atoms. The zero-order valence-corrected chi connectivity index (χ0v) is 17.0. The number of hydrogen-bond donors (Lipinski definition) is 1. The van der Waals surface area contributed by atoms with E-state index in [1.165, 1.54) is 0 Å². The van der Waals surface area contributed by atoms with Crippen LogP contribution in [0.15, 0.2) is 35.7 Å². The molecule has 0 unspecified atom stereocenters. The first kappa shape index (κ1) is 19.4. The number of benzene rings is 1. The summed E-state index contributed by atoms with van der Waals surface area (Å²) in [6.45, 7) is 5.10. The molecule has 0 fully saturated rings. The number of oxime groups is 1. The largest absolute Gasteiger partial charge is 0.396 e. The summed E-state index contributed by atoms with van der Waals surface area (Å²) >= 11 is 5.87. The monoisotopic (exact) mass is 412 g/mol. The van der Waals surface area contributed by atoms with E-state index in [0.29, 0.717) is 23.8 Å². The summed E-state index contributed by atoms with van der Waals surface area (Å²) in [7, 11) is 0. The van der Waals surface area contributed by atoms with E-state index in [1.807, 2.05) is 12.1 Å². The number of hydrogen-bond acceptors (Lipinski definition) is 6. The van der Waals surface area contributed by atoms with Gasteiger partial charge in [0.15, 0.2) is 18.1 Å². The summed E-state index contributed by atoms with van der Waals surface area (Å²) in [6, 6.07) is 7.30. The van der Waals surface area contributed by atoms with Crippen LogP contribution < -0.4 is 0 Å². The van der Waals surface area contributed by atoms with Gasteiger partial charge in [0.25, 0.3) is 0 Å². The number of aryl methyl sites for hydroxylation is 2. The zero-order chi connectivity index (χ0) is 20.4. The van der Waals surface area contributed by atoms with Crippen molar-refractivity contribution in [2.75, 3.05) is 6.61 Å². The van der Waals surface area contributed by atoms with Crippen LogP contribution in [0.2, 0.25) is 5.02 Å². The summed E-state index contributed by atoms with van der Waals surface area (Å²) in [5.41, 5.74) is 4.69. The quantitative estimate of drug-likeness (QED) is 0.371. The Kier molecular flexibility index (Phi) is 5.46. The van der Waals surface area contributed by atoms with Crippen LogP contribution in [0.25, 0.3) is 16.7 Å².